The normalized spacial score (nSPS) is 10.5. The zero-order valence-corrected chi connectivity index (χ0v) is 13.6. The quantitative estimate of drug-likeness (QED) is 0.789. The summed E-state index contributed by atoms with van der Waals surface area (Å²) in [5, 5.41) is 5.69. The van der Waals surface area contributed by atoms with Gasteiger partial charge >= 0.3 is 0 Å². The van der Waals surface area contributed by atoms with Gasteiger partial charge in [-0.25, -0.2) is 9.97 Å². The summed E-state index contributed by atoms with van der Waals surface area (Å²) in [5.41, 5.74) is 1.35. The van der Waals surface area contributed by atoms with Crippen molar-refractivity contribution < 1.29 is 9.53 Å². The van der Waals surface area contributed by atoms with Crippen LogP contribution in [-0.2, 0) is 0 Å². The molecule has 0 aliphatic heterocycles. The molecule has 1 amide bonds. The first kappa shape index (κ1) is 14.7. The Labute approximate surface area is 135 Å². The van der Waals surface area contributed by atoms with Crippen molar-refractivity contribution in [3.05, 3.63) is 46.4 Å². The van der Waals surface area contributed by atoms with E-state index in [4.69, 9.17) is 4.74 Å². The van der Waals surface area contributed by atoms with Crippen LogP contribution in [0.4, 0.5) is 5.69 Å². The van der Waals surface area contributed by atoms with E-state index in [1.165, 1.54) is 11.3 Å². The number of nitrogens with one attached hydrogen (secondary N) is 1. The number of pyridine rings is 1. The number of ether oxygens (including phenoxy) is 1. The summed E-state index contributed by atoms with van der Waals surface area (Å²) in [5.74, 6) is 0.330. The van der Waals surface area contributed by atoms with E-state index in [1.807, 2.05) is 24.4 Å². The Morgan fingerprint density at radius 2 is 2.18 bits per heavy atom. The fourth-order valence-electron chi connectivity index (χ4n) is 1.88. The molecule has 5 nitrogen and oxygen atoms in total. The molecule has 0 bridgehead atoms. The fourth-order valence-corrected chi connectivity index (χ4v) is 3.63. The van der Waals surface area contributed by atoms with E-state index in [0.717, 1.165) is 15.6 Å². The van der Waals surface area contributed by atoms with E-state index in [1.54, 1.807) is 36.8 Å². The van der Waals surface area contributed by atoms with Gasteiger partial charge in [0, 0.05) is 6.07 Å². The van der Waals surface area contributed by atoms with Gasteiger partial charge in [0.25, 0.3) is 5.91 Å². The molecule has 0 atom stereocenters. The number of anilines is 1. The first-order chi connectivity index (χ1) is 10.7. The van der Waals surface area contributed by atoms with Gasteiger partial charge in [-0.15, -0.1) is 22.7 Å². The second-order valence-corrected chi connectivity index (χ2v) is 6.40. The number of carbonyl (C=O) groups excluding carboxylic acids is 1. The van der Waals surface area contributed by atoms with Crippen molar-refractivity contribution in [2.75, 3.05) is 12.4 Å². The van der Waals surface area contributed by atoms with Gasteiger partial charge in [-0.1, -0.05) is 6.07 Å². The fraction of sp³-hybridized carbons (Fsp3) is 0.133. The van der Waals surface area contributed by atoms with Gasteiger partial charge in [0.2, 0.25) is 5.88 Å². The maximum atomic E-state index is 12.4. The van der Waals surface area contributed by atoms with Crippen molar-refractivity contribution in [3.8, 4) is 15.8 Å². The van der Waals surface area contributed by atoms with Crippen molar-refractivity contribution in [2.24, 2.45) is 0 Å². The van der Waals surface area contributed by atoms with Gasteiger partial charge < -0.3 is 10.1 Å². The van der Waals surface area contributed by atoms with Crippen LogP contribution in [0.3, 0.4) is 0 Å². The smallest absolute Gasteiger partial charge is 0.267 e. The molecule has 3 heterocycles. The molecule has 0 fully saturated rings. The van der Waals surface area contributed by atoms with E-state index in [0.29, 0.717) is 16.4 Å². The third-order valence-electron chi connectivity index (χ3n) is 2.94. The second-order valence-electron chi connectivity index (χ2n) is 4.45. The number of amides is 1. The molecule has 3 rings (SSSR count). The highest BCUT2D eigenvalue weighted by Crippen LogP contribution is 2.31. The molecule has 0 aliphatic rings. The van der Waals surface area contributed by atoms with Crippen LogP contribution >= 0.6 is 22.7 Å². The van der Waals surface area contributed by atoms with Crippen LogP contribution in [0.1, 0.15) is 15.4 Å². The third kappa shape index (κ3) is 3.00. The molecule has 112 valence electrons. The summed E-state index contributed by atoms with van der Waals surface area (Å²) in [7, 11) is 1.55. The average molecular weight is 331 g/mol. The molecular weight excluding hydrogens is 318 g/mol. The Morgan fingerprint density at radius 3 is 2.82 bits per heavy atom. The molecule has 0 saturated heterocycles. The number of methoxy groups -OCH3 is 1. The highest BCUT2D eigenvalue weighted by atomic mass is 32.1. The molecule has 0 aromatic carbocycles. The van der Waals surface area contributed by atoms with Crippen molar-refractivity contribution in [2.45, 2.75) is 6.92 Å². The number of carbonyl (C=O) groups is 1. The average Bonchev–Trinajstić information content (AvgIpc) is 3.17. The van der Waals surface area contributed by atoms with Gasteiger partial charge in [-0.2, -0.15) is 0 Å². The maximum absolute atomic E-state index is 12.4. The highest BCUT2D eigenvalue weighted by molar-refractivity contribution is 7.22. The molecular formula is C15H13N3O2S2. The number of thiazole rings is 1. The van der Waals surface area contributed by atoms with Crippen LogP contribution in [0.25, 0.3) is 9.88 Å². The van der Waals surface area contributed by atoms with Crippen LogP contribution in [0, 0.1) is 6.92 Å². The minimum atomic E-state index is -0.176. The second kappa shape index (κ2) is 6.25. The monoisotopic (exact) mass is 331 g/mol. The molecule has 0 spiro atoms. The number of nitrogens with zero attached hydrogens (tertiary/aromatic N) is 2. The Balaban J connectivity index is 1.80. The van der Waals surface area contributed by atoms with Crippen molar-refractivity contribution in [3.63, 3.8) is 0 Å². The summed E-state index contributed by atoms with van der Waals surface area (Å²) in [6, 6.07) is 7.42. The van der Waals surface area contributed by atoms with E-state index in [9.17, 15) is 4.79 Å². The summed E-state index contributed by atoms with van der Waals surface area (Å²) in [6.45, 7) is 1.84. The molecule has 1 N–H and O–H groups in total. The number of hydrogen-bond acceptors (Lipinski definition) is 6. The zero-order valence-electron chi connectivity index (χ0n) is 12.0. The van der Waals surface area contributed by atoms with E-state index < -0.39 is 0 Å². The predicted octanol–water partition coefficient (Wildman–Crippen LogP) is 3.84. The summed E-state index contributed by atoms with van der Waals surface area (Å²) in [6.07, 6.45) is 1.56. The maximum Gasteiger partial charge on any atom is 0.267 e. The van der Waals surface area contributed by atoms with Crippen molar-refractivity contribution in [1.29, 1.82) is 0 Å². The minimum Gasteiger partial charge on any atom is -0.481 e. The van der Waals surface area contributed by atoms with Crippen LogP contribution in [0.5, 0.6) is 5.88 Å². The third-order valence-corrected chi connectivity index (χ3v) is 5.13. The Bertz CT molecular complexity index is 780. The molecule has 3 aromatic heterocycles. The first-order valence-electron chi connectivity index (χ1n) is 6.50. The minimum absolute atomic E-state index is 0.176. The Morgan fingerprint density at radius 1 is 1.32 bits per heavy atom. The molecule has 0 aliphatic carbocycles. The van der Waals surface area contributed by atoms with Crippen LogP contribution in [0.15, 0.2) is 35.8 Å². The standard InChI is InChI=1S/C15H13N3O2S2/c1-9-13(22-15(17-9)11-4-3-7-21-11)14(19)18-10-5-6-12(20-2)16-8-10/h3-8H,1-2H3,(H,18,19). The number of aryl methyl sites for hydroxylation is 1. The van der Waals surface area contributed by atoms with Gasteiger partial charge in [0.15, 0.2) is 0 Å². The summed E-state index contributed by atoms with van der Waals surface area (Å²) < 4.78 is 4.99. The Hall–Kier alpha value is -2.25. The summed E-state index contributed by atoms with van der Waals surface area (Å²) >= 11 is 3.00. The lowest BCUT2D eigenvalue weighted by Gasteiger charge is -2.04. The first-order valence-corrected chi connectivity index (χ1v) is 8.19. The lowest BCUT2D eigenvalue weighted by Crippen LogP contribution is -2.11. The molecule has 7 heteroatoms. The molecule has 0 unspecified atom stereocenters. The van der Waals surface area contributed by atoms with E-state index >= 15 is 0 Å². The van der Waals surface area contributed by atoms with E-state index in [-0.39, 0.29) is 5.91 Å². The number of aromatic nitrogens is 2. The molecule has 0 saturated carbocycles. The molecule has 3 aromatic rings. The van der Waals surface area contributed by atoms with Crippen LogP contribution < -0.4 is 10.1 Å². The number of rotatable bonds is 4. The van der Waals surface area contributed by atoms with Crippen LogP contribution in [0.2, 0.25) is 0 Å². The summed E-state index contributed by atoms with van der Waals surface area (Å²) in [4.78, 5) is 22.6. The van der Waals surface area contributed by atoms with Crippen LogP contribution in [-0.4, -0.2) is 23.0 Å². The SMILES string of the molecule is COc1ccc(NC(=O)c2sc(-c3cccs3)nc2C)cn1. The Kier molecular flexibility index (Phi) is 4.17. The zero-order chi connectivity index (χ0) is 15.5. The number of hydrogen-bond donors (Lipinski definition) is 1. The van der Waals surface area contributed by atoms with Gasteiger partial charge in [-0.3, -0.25) is 4.79 Å². The van der Waals surface area contributed by atoms with Crippen molar-refractivity contribution >= 4 is 34.3 Å². The predicted molar refractivity (Wildman–Crippen MR) is 88.9 cm³/mol. The highest BCUT2D eigenvalue weighted by Gasteiger charge is 2.17. The van der Waals surface area contributed by atoms with Crippen molar-refractivity contribution in [1.82, 2.24) is 9.97 Å². The largest absolute Gasteiger partial charge is 0.481 e. The number of thiophene rings is 1. The molecule has 22 heavy (non-hydrogen) atoms. The van der Waals surface area contributed by atoms with Gasteiger partial charge in [0.1, 0.15) is 9.88 Å². The lowest BCUT2D eigenvalue weighted by molar-refractivity contribution is 0.102. The topological polar surface area (TPSA) is 64.1 Å². The van der Waals surface area contributed by atoms with Gasteiger partial charge in [-0.05, 0) is 24.4 Å². The van der Waals surface area contributed by atoms with E-state index in [2.05, 4.69) is 15.3 Å². The molecule has 0 radical (unpaired) electrons. The van der Waals surface area contributed by atoms with Gasteiger partial charge in [0.05, 0.1) is 29.6 Å². The lowest BCUT2D eigenvalue weighted by atomic mass is 10.3.